The third-order valence-electron chi connectivity index (χ3n) is 5.14. The largest absolute Gasteiger partial charge is 0.305 e. The molecule has 0 bridgehead atoms. The van der Waals surface area contributed by atoms with Gasteiger partial charge in [-0.15, -0.1) is 0 Å². The molecule has 2 heterocycles. The van der Waals surface area contributed by atoms with Crippen LogP contribution in [-0.2, 0) is 6.42 Å². The van der Waals surface area contributed by atoms with Gasteiger partial charge >= 0.3 is 0 Å². The fraction of sp³-hybridized carbons (Fsp3) is 0.130. The normalized spacial score (nSPS) is 11.6. The van der Waals surface area contributed by atoms with Crippen molar-refractivity contribution in [3.8, 4) is 6.07 Å². The van der Waals surface area contributed by atoms with Crippen molar-refractivity contribution in [2.75, 3.05) is 0 Å². The SMILES string of the molecule is CCc1ccc(C(=O)NNC=c2c(C)c(C#N)c3nc4ccccc4n3c2=O)cc1. The lowest BCUT2D eigenvalue weighted by molar-refractivity contribution is 0.0943. The van der Waals surface area contributed by atoms with Crippen LogP contribution in [-0.4, -0.2) is 15.3 Å². The molecule has 0 radical (unpaired) electrons. The van der Waals surface area contributed by atoms with E-state index in [4.69, 9.17) is 0 Å². The molecule has 0 aliphatic rings. The molecule has 7 heteroatoms. The third-order valence-corrected chi connectivity index (χ3v) is 5.14. The number of nitrogens with one attached hydrogen (secondary N) is 2. The number of hydrogen-bond donors (Lipinski definition) is 2. The maximum Gasteiger partial charge on any atom is 0.269 e. The molecule has 1 amide bonds. The Hall–Kier alpha value is -4.18. The maximum atomic E-state index is 13.1. The lowest BCUT2D eigenvalue weighted by atomic mass is 10.1. The van der Waals surface area contributed by atoms with Crippen molar-refractivity contribution < 1.29 is 4.79 Å². The maximum absolute atomic E-state index is 13.1. The van der Waals surface area contributed by atoms with Crippen LogP contribution in [0.15, 0.2) is 53.3 Å². The standard InChI is InChI=1S/C23H19N5O2/c1-3-15-8-10-16(11-9-15)22(29)27-25-13-18-14(2)17(12-24)21-26-19-6-4-5-7-20(19)28(21)23(18)30/h4-11,13,25H,3H2,1-2H3,(H,27,29). The van der Waals surface area contributed by atoms with E-state index in [9.17, 15) is 14.9 Å². The number of pyridine rings is 1. The first-order valence-corrected chi connectivity index (χ1v) is 9.54. The summed E-state index contributed by atoms with van der Waals surface area (Å²) in [4.78, 5) is 29.9. The number of carbonyl (C=O) groups is 1. The molecular formula is C23H19N5O2. The molecule has 7 nitrogen and oxygen atoms in total. The van der Waals surface area contributed by atoms with Crippen molar-refractivity contribution in [2.24, 2.45) is 0 Å². The topological polar surface area (TPSA) is 99.3 Å². The number of hydrogen-bond acceptors (Lipinski definition) is 5. The number of imidazole rings is 1. The summed E-state index contributed by atoms with van der Waals surface area (Å²) >= 11 is 0. The first-order chi connectivity index (χ1) is 14.5. The van der Waals surface area contributed by atoms with E-state index < -0.39 is 0 Å². The summed E-state index contributed by atoms with van der Waals surface area (Å²) in [7, 11) is 0. The van der Waals surface area contributed by atoms with E-state index >= 15 is 0 Å². The van der Waals surface area contributed by atoms with Crippen LogP contribution in [0.25, 0.3) is 22.9 Å². The first kappa shape index (κ1) is 19.2. The van der Waals surface area contributed by atoms with Gasteiger partial charge in [0.1, 0.15) is 6.07 Å². The number of fused-ring (bicyclic) bond motifs is 3. The molecule has 0 spiro atoms. The quantitative estimate of drug-likeness (QED) is 0.513. The number of amides is 1. The molecular weight excluding hydrogens is 378 g/mol. The van der Waals surface area contributed by atoms with Crippen molar-refractivity contribution in [3.05, 3.63) is 86.4 Å². The van der Waals surface area contributed by atoms with E-state index in [0.717, 1.165) is 12.0 Å². The van der Waals surface area contributed by atoms with Gasteiger partial charge < -0.3 is 5.43 Å². The van der Waals surface area contributed by atoms with Gasteiger partial charge in [-0.3, -0.25) is 19.4 Å². The number of nitrogens with zero attached hydrogens (tertiary/aromatic N) is 3. The van der Waals surface area contributed by atoms with E-state index in [-0.39, 0.29) is 16.7 Å². The van der Waals surface area contributed by atoms with E-state index in [0.29, 0.717) is 33.4 Å². The van der Waals surface area contributed by atoms with E-state index in [1.54, 1.807) is 31.2 Å². The lowest BCUT2D eigenvalue weighted by Gasteiger charge is -2.06. The van der Waals surface area contributed by atoms with Crippen LogP contribution in [0.1, 0.15) is 34.0 Å². The first-order valence-electron chi connectivity index (χ1n) is 9.54. The minimum absolute atomic E-state index is 0.281. The zero-order valence-corrected chi connectivity index (χ0v) is 16.6. The summed E-state index contributed by atoms with van der Waals surface area (Å²) in [5, 5.41) is 9.93. The fourth-order valence-corrected chi connectivity index (χ4v) is 3.42. The Balaban J connectivity index is 1.73. The molecule has 0 aliphatic heterocycles. The van der Waals surface area contributed by atoms with E-state index in [1.165, 1.54) is 10.6 Å². The molecule has 0 unspecified atom stereocenters. The van der Waals surface area contributed by atoms with Gasteiger partial charge in [0.05, 0.1) is 21.8 Å². The lowest BCUT2D eigenvalue weighted by Crippen LogP contribution is -2.40. The second kappa shape index (κ2) is 7.68. The predicted octanol–water partition coefficient (Wildman–Crippen LogP) is 1.98. The van der Waals surface area contributed by atoms with Crippen LogP contribution in [0, 0.1) is 18.3 Å². The highest BCUT2D eigenvalue weighted by atomic mass is 16.2. The van der Waals surface area contributed by atoms with Crippen molar-refractivity contribution in [3.63, 3.8) is 0 Å². The Morgan fingerprint density at radius 3 is 2.63 bits per heavy atom. The van der Waals surface area contributed by atoms with Gasteiger partial charge in [0, 0.05) is 11.8 Å². The van der Waals surface area contributed by atoms with Gasteiger partial charge in [0.25, 0.3) is 11.5 Å². The number of hydrazine groups is 1. The minimum atomic E-state index is -0.325. The molecule has 0 saturated heterocycles. The highest BCUT2D eigenvalue weighted by Gasteiger charge is 2.16. The van der Waals surface area contributed by atoms with Crippen LogP contribution >= 0.6 is 0 Å². The molecule has 4 rings (SSSR count). The second-order valence-electron chi connectivity index (χ2n) is 6.88. The van der Waals surface area contributed by atoms with Crippen molar-refractivity contribution in [1.82, 2.24) is 20.2 Å². The van der Waals surface area contributed by atoms with Gasteiger partial charge in [-0.25, -0.2) is 4.98 Å². The van der Waals surface area contributed by atoms with Crippen LogP contribution in [0.4, 0.5) is 0 Å². The number of aryl methyl sites for hydroxylation is 1. The Bertz CT molecular complexity index is 1430. The number of benzene rings is 2. The predicted molar refractivity (Wildman–Crippen MR) is 115 cm³/mol. The summed E-state index contributed by atoms with van der Waals surface area (Å²) in [6.45, 7) is 3.74. The molecule has 2 aromatic carbocycles. The fourth-order valence-electron chi connectivity index (χ4n) is 3.42. The molecule has 0 fully saturated rings. The molecule has 2 aromatic heterocycles. The summed E-state index contributed by atoms with van der Waals surface area (Å²) in [6, 6.07) is 16.7. The van der Waals surface area contributed by atoms with Gasteiger partial charge in [0.2, 0.25) is 0 Å². The Kier molecular flexibility index (Phi) is 4.90. The smallest absolute Gasteiger partial charge is 0.269 e. The summed E-state index contributed by atoms with van der Waals surface area (Å²) in [5.74, 6) is -0.325. The zero-order valence-electron chi connectivity index (χ0n) is 16.6. The average molecular weight is 397 g/mol. The number of rotatable bonds is 4. The summed E-state index contributed by atoms with van der Waals surface area (Å²) < 4.78 is 1.43. The van der Waals surface area contributed by atoms with Crippen LogP contribution in [0.3, 0.4) is 0 Å². The summed E-state index contributed by atoms with van der Waals surface area (Å²) in [6.07, 6.45) is 2.30. The molecule has 0 aliphatic carbocycles. The van der Waals surface area contributed by atoms with Gasteiger partial charge in [0.15, 0.2) is 5.65 Å². The van der Waals surface area contributed by atoms with Crippen molar-refractivity contribution in [1.29, 1.82) is 5.26 Å². The zero-order chi connectivity index (χ0) is 21.3. The van der Waals surface area contributed by atoms with Gasteiger partial charge in [-0.05, 0) is 48.7 Å². The molecule has 0 atom stereocenters. The third kappa shape index (κ3) is 3.14. The van der Waals surface area contributed by atoms with Gasteiger partial charge in [-0.1, -0.05) is 31.2 Å². The molecule has 0 saturated carbocycles. The van der Waals surface area contributed by atoms with Crippen molar-refractivity contribution in [2.45, 2.75) is 20.3 Å². The molecule has 30 heavy (non-hydrogen) atoms. The van der Waals surface area contributed by atoms with E-state index in [2.05, 4.69) is 21.9 Å². The summed E-state index contributed by atoms with van der Waals surface area (Å²) in [5.41, 5.74) is 9.01. The van der Waals surface area contributed by atoms with E-state index in [1.807, 2.05) is 31.2 Å². The van der Waals surface area contributed by atoms with Gasteiger partial charge in [-0.2, -0.15) is 5.26 Å². The Labute approximate surface area is 172 Å². The molecule has 2 N–H and O–H groups in total. The Morgan fingerprint density at radius 1 is 1.20 bits per heavy atom. The molecule has 4 aromatic rings. The number of aromatic nitrogens is 2. The minimum Gasteiger partial charge on any atom is -0.305 e. The van der Waals surface area contributed by atoms with Crippen LogP contribution in [0.2, 0.25) is 0 Å². The van der Waals surface area contributed by atoms with Crippen molar-refractivity contribution >= 4 is 28.8 Å². The van der Waals surface area contributed by atoms with Crippen LogP contribution in [0.5, 0.6) is 0 Å². The monoisotopic (exact) mass is 397 g/mol. The highest BCUT2D eigenvalue weighted by molar-refractivity contribution is 5.94. The number of nitriles is 1. The number of para-hydroxylation sites is 2. The number of carbonyl (C=O) groups excluding carboxylic acids is 1. The molecule has 148 valence electrons. The Morgan fingerprint density at radius 2 is 1.93 bits per heavy atom. The van der Waals surface area contributed by atoms with Crippen LogP contribution < -0.4 is 21.6 Å². The second-order valence-corrected chi connectivity index (χ2v) is 6.88. The highest BCUT2D eigenvalue weighted by Crippen LogP contribution is 2.17. The average Bonchev–Trinajstić information content (AvgIpc) is 3.15.